The van der Waals surface area contributed by atoms with Crippen LogP contribution in [0.1, 0.15) is 58.6 Å². The molecule has 0 spiro atoms. The monoisotopic (exact) mass is 275 g/mol. The summed E-state index contributed by atoms with van der Waals surface area (Å²) in [6.45, 7) is 9.38. The van der Waals surface area contributed by atoms with Gasteiger partial charge in [-0.05, 0) is 60.6 Å². The number of hydrogen-bond donors (Lipinski definition) is 1. The Bertz CT molecular complexity index is 505. The third-order valence-corrected chi connectivity index (χ3v) is 6.04. The first-order chi connectivity index (χ1) is 9.33. The SMILES string of the molecule is C[C@H](NC1C2(C)CCC(C2)C1(C)C)c1cccc(F)c1. The summed E-state index contributed by atoms with van der Waals surface area (Å²) >= 11 is 0. The van der Waals surface area contributed by atoms with Gasteiger partial charge in [-0.1, -0.05) is 32.9 Å². The van der Waals surface area contributed by atoms with Crippen LogP contribution in [0.15, 0.2) is 24.3 Å². The first-order valence-corrected chi connectivity index (χ1v) is 7.84. The average Bonchev–Trinajstić information content (AvgIpc) is 2.85. The van der Waals surface area contributed by atoms with Gasteiger partial charge in [0.25, 0.3) is 0 Å². The molecule has 0 aliphatic heterocycles. The van der Waals surface area contributed by atoms with Crippen LogP contribution in [0.4, 0.5) is 4.39 Å². The normalized spacial score (nSPS) is 36.2. The fraction of sp³-hybridized carbons (Fsp3) is 0.667. The van der Waals surface area contributed by atoms with Gasteiger partial charge in [0.05, 0.1) is 0 Å². The Kier molecular flexibility index (Phi) is 3.20. The van der Waals surface area contributed by atoms with Crippen LogP contribution in [-0.2, 0) is 0 Å². The third kappa shape index (κ3) is 2.09. The summed E-state index contributed by atoms with van der Waals surface area (Å²) in [6.07, 6.45) is 4.04. The highest BCUT2D eigenvalue weighted by atomic mass is 19.1. The van der Waals surface area contributed by atoms with Gasteiger partial charge < -0.3 is 5.32 Å². The van der Waals surface area contributed by atoms with Gasteiger partial charge in [-0.25, -0.2) is 4.39 Å². The Morgan fingerprint density at radius 3 is 2.65 bits per heavy atom. The van der Waals surface area contributed by atoms with Gasteiger partial charge in [0, 0.05) is 12.1 Å². The number of benzene rings is 1. The number of fused-ring (bicyclic) bond motifs is 2. The molecular formula is C18H26FN. The van der Waals surface area contributed by atoms with Crippen molar-refractivity contribution in [3.05, 3.63) is 35.6 Å². The largest absolute Gasteiger partial charge is 0.306 e. The summed E-state index contributed by atoms with van der Waals surface area (Å²) in [5, 5.41) is 3.82. The summed E-state index contributed by atoms with van der Waals surface area (Å²) in [6, 6.07) is 7.71. The highest BCUT2D eigenvalue weighted by Crippen LogP contribution is 2.62. The molecule has 3 rings (SSSR count). The summed E-state index contributed by atoms with van der Waals surface area (Å²) in [7, 11) is 0. The van der Waals surface area contributed by atoms with Gasteiger partial charge in [0.1, 0.15) is 5.82 Å². The van der Waals surface area contributed by atoms with Gasteiger partial charge >= 0.3 is 0 Å². The molecule has 1 aromatic rings. The van der Waals surface area contributed by atoms with Crippen molar-refractivity contribution in [1.82, 2.24) is 5.32 Å². The van der Waals surface area contributed by atoms with E-state index in [0.29, 0.717) is 16.9 Å². The fourth-order valence-electron chi connectivity index (χ4n) is 4.84. The first-order valence-electron chi connectivity index (χ1n) is 7.84. The van der Waals surface area contributed by atoms with E-state index in [4.69, 9.17) is 0 Å². The van der Waals surface area contributed by atoms with E-state index in [0.717, 1.165) is 11.5 Å². The van der Waals surface area contributed by atoms with Crippen LogP contribution in [-0.4, -0.2) is 6.04 Å². The molecule has 1 aromatic carbocycles. The van der Waals surface area contributed by atoms with Gasteiger partial charge in [0.15, 0.2) is 0 Å². The van der Waals surface area contributed by atoms with Crippen LogP contribution < -0.4 is 5.32 Å². The lowest BCUT2D eigenvalue weighted by atomic mass is 9.68. The number of halogens is 1. The van der Waals surface area contributed by atoms with Crippen LogP contribution in [0, 0.1) is 22.6 Å². The molecule has 0 heterocycles. The molecule has 0 aromatic heterocycles. The molecule has 2 bridgehead atoms. The van der Waals surface area contributed by atoms with Crippen molar-refractivity contribution in [2.75, 3.05) is 0 Å². The quantitative estimate of drug-likeness (QED) is 0.843. The van der Waals surface area contributed by atoms with E-state index in [1.54, 1.807) is 12.1 Å². The molecule has 20 heavy (non-hydrogen) atoms. The Labute approximate surface area is 122 Å². The van der Waals surface area contributed by atoms with E-state index in [-0.39, 0.29) is 11.9 Å². The van der Waals surface area contributed by atoms with E-state index >= 15 is 0 Å². The Balaban J connectivity index is 1.80. The zero-order valence-electron chi connectivity index (χ0n) is 13.0. The van der Waals surface area contributed by atoms with Crippen LogP contribution in [0.3, 0.4) is 0 Å². The van der Waals surface area contributed by atoms with Gasteiger partial charge in [-0.3, -0.25) is 0 Å². The molecule has 2 heteroatoms. The van der Waals surface area contributed by atoms with Crippen molar-refractivity contribution in [1.29, 1.82) is 0 Å². The molecule has 2 saturated carbocycles. The molecule has 1 nitrogen and oxygen atoms in total. The molecule has 110 valence electrons. The molecule has 2 aliphatic carbocycles. The highest BCUT2D eigenvalue weighted by Gasteiger charge is 2.59. The van der Waals surface area contributed by atoms with Crippen molar-refractivity contribution >= 4 is 0 Å². The van der Waals surface area contributed by atoms with Crippen molar-refractivity contribution in [2.24, 2.45) is 16.7 Å². The molecule has 2 aliphatic rings. The summed E-state index contributed by atoms with van der Waals surface area (Å²) in [4.78, 5) is 0. The van der Waals surface area contributed by atoms with E-state index in [9.17, 15) is 4.39 Å². The van der Waals surface area contributed by atoms with Crippen molar-refractivity contribution < 1.29 is 4.39 Å². The molecular weight excluding hydrogens is 249 g/mol. The topological polar surface area (TPSA) is 12.0 Å². The number of rotatable bonds is 3. The second-order valence-electron chi connectivity index (χ2n) is 7.79. The van der Waals surface area contributed by atoms with Crippen LogP contribution in [0.5, 0.6) is 0 Å². The van der Waals surface area contributed by atoms with Crippen molar-refractivity contribution in [3.8, 4) is 0 Å². The van der Waals surface area contributed by atoms with Crippen LogP contribution in [0.25, 0.3) is 0 Å². The predicted octanol–water partition coefficient (Wildman–Crippen LogP) is 4.69. The zero-order chi connectivity index (χ0) is 14.5. The standard InChI is InChI=1S/C18H26FN/c1-12(13-6-5-7-15(19)10-13)20-16-17(2,3)14-8-9-18(16,4)11-14/h5-7,10,12,14,16,20H,8-9,11H2,1-4H3/t12-,14?,16?,18?/m0/s1. The van der Waals surface area contributed by atoms with Crippen molar-refractivity contribution in [2.45, 2.75) is 59.0 Å². The maximum Gasteiger partial charge on any atom is 0.123 e. The minimum atomic E-state index is -0.144. The number of nitrogens with one attached hydrogen (secondary N) is 1. The Morgan fingerprint density at radius 2 is 2.05 bits per heavy atom. The molecule has 0 saturated heterocycles. The smallest absolute Gasteiger partial charge is 0.123 e. The van der Waals surface area contributed by atoms with E-state index in [2.05, 4.69) is 33.0 Å². The molecule has 1 N–H and O–H groups in total. The summed E-state index contributed by atoms with van der Waals surface area (Å²) < 4.78 is 13.4. The highest BCUT2D eigenvalue weighted by molar-refractivity contribution is 5.21. The lowest BCUT2D eigenvalue weighted by Crippen LogP contribution is -2.50. The Morgan fingerprint density at radius 1 is 1.30 bits per heavy atom. The van der Waals surface area contributed by atoms with E-state index in [1.165, 1.54) is 25.3 Å². The maximum atomic E-state index is 13.4. The summed E-state index contributed by atoms with van der Waals surface area (Å²) in [5.41, 5.74) is 1.80. The fourth-order valence-corrected chi connectivity index (χ4v) is 4.84. The van der Waals surface area contributed by atoms with Gasteiger partial charge in [-0.15, -0.1) is 0 Å². The molecule has 0 amide bonds. The molecule has 2 fully saturated rings. The summed E-state index contributed by atoms with van der Waals surface area (Å²) in [5.74, 6) is 0.694. The second kappa shape index (κ2) is 4.56. The second-order valence-corrected chi connectivity index (χ2v) is 7.79. The third-order valence-electron chi connectivity index (χ3n) is 6.04. The van der Waals surface area contributed by atoms with E-state index < -0.39 is 0 Å². The number of hydrogen-bond acceptors (Lipinski definition) is 1. The minimum Gasteiger partial charge on any atom is -0.306 e. The first kappa shape index (κ1) is 14.1. The average molecular weight is 275 g/mol. The van der Waals surface area contributed by atoms with Gasteiger partial charge in [0.2, 0.25) is 0 Å². The maximum absolute atomic E-state index is 13.4. The molecule has 3 unspecified atom stereocenters. The lowest BCUT2D eigenvalue weighted by molar-refractivity contribution is 0.100. The predicted molar refractivity (Wildman–Crippen MR) is 81.0 cm³/mol. The van der Waals surface area contributed by atoms with Crippen LogP contribution >= 0.6 is 0 Å². The van der Waals surface area contributed by atoms with E-state index in [1.807, 2.05) is 6.07 Å². The lowest BCUT2D eigenvalue weighted by Gasteiger charge is -2.44. The zero-order valence-corrected chi connectivity index (χ0v) is 13.0. The molecule has 0 radical (unpaired) electrons. The van der Waals surface area contributed by atoms with Crippen LogP contribution in [0.2, 0.25) is 0 Å². The minimum absolute atomic E-state index is 0.144. The van der Waals surface area contributed by atoms with Crippen molar-refractivity contribution in [3.63, 3.8) is 0 Å². The Hall–Kier alpha value is -0.890. The molecule has 4 atom stereocenters. The van der Waals surface area contributed by atoms with Gasteiger partial charge in [-0.2, -0.15) is 0 Å².